The van der Waals surface area contributed by atoms with Crippen LogP contribution in [0.1, 0.15) is 17.5 Å². The molecule has 0 saturated carbocycles. The van der Waals surface area contributed by atoms with Gasteiger partial charge in [0, 0.05) is 11.2 Å². The third kappa shape index (κ3) is 2.25. The third-order valence-corrected chi connectivity index (χ3v) is 3.13. The van der Waals surface area contributed by atoms with Crippen LogP contribution in [0.15, 0.2) is 47.1 Å². The molecule has 5 nitrogen and oxygen atoms in total. The largest absolute Gasteiger partial charge is 0.359 e. The lowest BCUT2D eigenvalue weighted by molar-refractivity contribution is 0.367. The zero-order valence-corrected chi connectivity index (χ0v) is 10.6. The van der Waals surface area contributed by atoms with Crippen LogP contribution < -0.4 is 5.73 Å². The first kappa shape index (κ1) is 12.0. The standard InChI is InChI=1S/C13H11ClN4O/c14-9-5-2-1-4-8(9)11(15)13-17-12(18-19-13)10-6-3-7-16-10/h1-7,11,16H,15H2/t11-/m1/s1. The maximum absolute atomic E-state index is 6.10. The second kappa shape index (κ2) is 4.87. The summed E-state index contributed by atoms with van der Waals surface area (Å²) in [5.41, 5.74) is 7.63. The Morgan fingerprint density at radius 2 is 2.05 bits per heavy atom. The quantitative estimate of drug-likeness (QED) is 0.769. The number of hydrogen-bond acceptors (Lipinski definition) is 4. The fraction of sp³-hybridized carbons (Fsp3) is 0.0769. The molecule has 0 radical (unpaired) electrons. The highest BCUT2D eigenvalue weighted by atomic mass is 35.5. The molecule has 0 fully saturated rings. The highest BCUT2D eigenvalue weighted by Gasteiger charge is 2.19. The van der Waals surface area contributed by atoms with Crippen molar-refractivity contribution in [1.82, 2.24) is 15.1 Å². The van der Waals surface area contributed by atoms with Crippen LogP contribution in [0.4, 0.5) is 0 Å². The van der Waals surface area contributed by atoms with Crippen LogP contribution in [0, 0.1) is 0 Å². The smallest absolute Gasteiger partial charge is 0.248 e. The Morgan fingerprint density at radius 1 is 1.21 bits per heavy atom. The molecule has 0 aliphatic heterocycles. The summed E-state index contributed by atoms with van der Waals surface area (Å²) in [5, 5.41) is 4.47. The van der Waals surface area contributed by atoms with Crippen molar-refractivity contribution in [3.63, 3.8) is 0 Å². The molecule has 1 aromatic carbocycles. The Kier molecular flexibility index (Phi) is 3.06. The number of aromatic nitrogens is 3. The monoisotopic (exact) mass is 274 g/mol. The van der Waals surface area contributed by atoms with E-state index in [9.17, 15) is 0 Å². The van der Waals surface area contributed by atoms with Gasteiger partial charge in [-0.1, -0.05) is 35.0 Å². The lowest BCUT2D eigenvalue weighted by Gasteiger charge is -2.08. The van der Waals surface area contributed by atoms with Crippen molar-refractivity contribution in [1.29, 1.82) is 0 Å². The first-order chi connectivity index (χ1) is 9.25. The minimum absolute atomic E-state index is 0.331. The minimum atomic E-state index is -0.537. The molecule has 0 unspecified atom stereocenters. The highest BCUT2D eigenvalue weighted by molar-refractivity contribution is 6.31. The Labute approximate surface area is 114 Å². The molecule has 1 atom stereocenters. The van der Waals surface area contributed by atoms with Crippen molar-refractivity contribution in [2.24, 2.45) is 5.73 Å². The Bertz CT molecular complexity index is 678. The summed E-state index contributed by atoms with van der Waals surface area (Å²) in [4.78, 5) is 7.28. The third-order valence-electron chi connectivity index (χ3n) is 2.79. The van der Waals surface area contributed by atoms with Crippen LogP contribution in [0.25, 0.3) is 11.5 Å². The first-order valence-electron chi connectivity index (χ1n) is 5.73. The summed E-state index contributed by atoms with van der Waals surface area (Å²) in [6.45, 7) is 0. The predicted molar refractivity (Wildman–Crippen MR) is 71.6 cm³/mol. The average Bonchev–Trinajstić information content (AvgIpc) is 3.09. The molecular weight excluding hydrogens is 264 g/mol. The van der Waals surface area contributed by atoms with Crippen molar-refractivity contribution in [2.45, 2.75) is 6.04 Å². The molecule has 0 aliphatic carbocycles. The van der Waals surface area contributed by atoms with Gasteiger partial charge in [0.25, 0.3) is 0 Å². The Balaban J connectivity index is 1.93. The second-order valence-corrected chi connectivity index (χ2v) is 4.45. The van der Waals surface area contributed by atoms with Crippen molar-refractivity contribution < 1.29 is 4.52 Å². The van der Waals surface area contributed by atoms with E-state index in [1.54, 1.807) is 12.3 Å². The molecule has 0 amide bonds. The Morgan fingerprint density at radius 3 is 2.79 bits per heavy atom. The SMILES string of the molecule is N[C@@H](c1nc(-c2ccc[nH]2)no1)c1ccccc1Cl. The number of benzene rings is 1. The first-order valence-corrected chi connectivity index (χ1v) is 6.11. The lowest BCUT2D eigenvalue weighted by atomic mass is 10.1. The minimum Gasteiger partial charge on any atom is -0.359 e. The van der Waals surface area contributed by atoms with E-state index in [1.807, 2.05) is 30.3 Å². The normalized spacial score (nSPS) is 12.5. The van der Waals surface area contributed by atoms with Gasteiger partial charge < -0.3 is 15.2 Å². The molecule has 6 heteroatoms. The van der Waals surface area contributed by atoms with Crippen LogP contribution >= 0.6 is 11.6 Å². The van der Waals surface area contributed by atoms with Crippen molar-refractivity contribution in [3.05, 3.63) is 59.1 Å². The number of H-pyrrole nitrogens is 1. The summed E-state index contributed by atoms with van der Waals surface area (Å²) in [7, 11) is 0. The highest BCUT2D eigenvalue weighted by Crippen LogP contribution is 2.26. The lowest BCUT2D eigenvalue weighted by Crippen LogP contribution is -2.12. The summed E-state index contributed by atoms with van der Waals surface area (Å²) in [6, 6.07) is 10.5. The zero-order chi connectivity index (χ0) is 13.2. The van der Waals surface area contributed by atoms with E-state index in [1.165, 1.54) is 0 Å². The molecule has 0 bridgehead atoms. The van der Waals surface area contributed by atoms with Crippen LogP contribution in [0.2, 0.25) is 5.02 Å². The number of halogens is 1. The van der Waals surface area contributed by atoms with Crippen LogP contribution in [0.3, 0.4) is 0 Å². The number of nitrogens with zero attached hydrogens (tertiary/aromatic N) is 2. The van der Waals surface area contributed by atoms with E-state index in [2.05, 4.69) is 15.1 Å². The molecular formula is C13H11ClN4O. The van der Waals surface area contributed by atoms with E-state index < -0.39 is 6.04 Å². The van der Waals surface area contributed by atoms with Gasteiger partial charge in [0.15, 0.2) is 0 Å². The maximum atomic E-state index is 6.10. The van der Waals surface area contributed by atoms with Gasteiger partial charge in [-0.25, -0.2) is 0 Å². The predicted octanol–water partition coefficient (Wildman–Crippen LogP) is 2.77. The van der Waals surface area contributed by atoms with E-state index >= 15 is 0 Å². The number of nitrogens with two attached hydrogens (primary N) is 1. The molecule has 19 heavy (non-hydrogen) atoms. The molecule has 3 aromatic rings. The van der Waals surface area contributed by atoms with Crippen LogP contribution in [0.5, 0.6) is 0 Å². The van der Waals surface area contributed by atoms with Crippen molar-refractivity contribution in [2.75, 3.05) is 0 Å². The van der Waals surface area contributed by atoms with Gasteiger partial charge in [-0.3, -0.25) is 0 Å². The summed E-state index contributed by atoms with van der Waals surface area (Å²) in [6.07, 6.45) is 1.79. The van der Waals surface area contributed by atoms with Crippen molar-refractivity contribution >= 4 is 11.6 Å². The average molecular weight is 275 g/mol. The maximum Gasteiger partial charge on any atom is 0.248 e. The number of rotatable bonds is 3. The molecule has 2 heterocycles. The number of aromatic amines is 1. The van der Waals surface area contributed by atoms with Gasteiger partial charge in [0.1, 0.15) is 6.04 Å². The zero-order valence-electron chi connectivity index (χ0n) is 9.88. The fourth-order valence-electron chi connectivity index (χ4n) is 1.80. The van der Waals surface area contributed by atoms with E-state index in [0.29, 0.717) is 16.7 Å². The number of nitrogens with one attached hydrogen (secondary N) is 1. The molecule has 3 N–H and O–H groups in total. The van der Waals surface area contributed by atoms with Gasteiger partial charge >= 0.3 is 0 Å². The molecule has 2 aromatic heterocycles. The fourth-order valence-corrected chi connectivity index (χ4v) is 2.05. The van der Waals surface area contributed by atoms with Crippen molar-refractivity contribution in [3.8, 4) is 11.5 Å². The molecule has 0 aliphatic rings. The Hall–Kier alpha value is -2.11. The molecule has 0 saturated heterocycles. The summed E-state index contributed by atoms with van der Waals surface area (Å²) < 4.78 is 5.19. The van der Waals surface area contributed by atoms with E-state index in [0.717, 1.165) is 11.3 Å². The van der Waals surface area contributed by atoms with Gasteiger partial charge in [-0.15, -0.1) is 0 Å². The summed E-state index contributed by atoms with van der Waals surface area (Å²) in [5.74, 6) is 0.806. The van der Waals surface area contributed by atoms with Gasteiger partial charge in [0.05, 0.1) is 5.69 Å². The van der Waals surface area contributed by atoms with Gasteiger partial charge in [-0.2, -0.15) is 4.98 Å². The topological polar surface area (TPSA) is 80.7 Å². The van der Waals surface area contributed by atoms with E-state index in [4.69, 9.17) is 21.9 Å². The molecule has 96 valence electrons. The molecule has 0 spiro atoms. The van der Waals surface area contributed by atoms with Gasteiger partial charge in [0.2, 0.25) is 11.7 Å². The molecule has 3 rings (SSSR count). The number of hydrogen-bond donors (Lipinski definition) is 2. The van der Waals surface area contributed by atoms with Crippen LogP contribution in [-0.4, -0.2) is 15.1 Å². The second-order valence-electron chi connectivity index (χ2n) is 4.04. The van der Waals surface area contributed by atoms with Crippen LogP contribution in [-0.2, 0) is 0 Å². The van der Waals surface area contributed by atoms with E-state index in [-0.39, 0.29) is 0 Å². The van der Waals surface area contributed by atoms with Gasteiger partial charge in [-0.05, 0) is 23.8 Å². The summed E-state index contributed by atoms with van der Waals surface area (Å²) >= 11 is 6.10.